The maximum atomic E-state index is 11.3. The molecule has 1 N–H and O–H groups in total. The van der Waals surface area contributed by atoms with Crippen molar-refractivity contribution in [3.05, 3.63) is 41.5 Å². The van der Waals surface area contributed by atoms with Gasteiger partial charge in [-0.1, -0.05) is 44.9 Å². The molecule has 0 aromatic heterocycles. The molecule has 0 atom stereocenters. The first-order chi connectivity index (χ1) is 10.5. The molecule has 0 radical (unpaired) electrons. The Balaban J connectivity index is 2.54. The molecule has 0 aliphatic heterocycles. The van der Waals surface area contributed by atoms with Gasteiger partial charge in [0.1, 0.15) is 0 Å². The predicted octanol–water partition coefficient (Wildman–Crippen LogP) is 4.77. The minimum Gasteiger partial charge on any atom is -0.282 e. The standard InChI is InChI=1S/C18H24O3S/c1-3-5-7-14-11-15(8-6-4-2)18-10-9-17(22(19,20)21)13-16(18)12-14/h9-13H,3-8H2,1-2H3,(H,19,20,21). The van der Waals surface area contributed by atoms with Crippen LogP contribution in [0.3, 0.4) is 0 Å². The lowest BCUT2D eigenvalue weighted by atomic mass is 9.95. The molecule has 0 aliphatic rings. The van der Waals surface area contributed by atoms with Gasteiger partial charge in [0.05, 0.1) is 4.90 Å². The SMILES string of the molecule is CCCCc1cc(CCCC)c2ccc(S(=O)(=O)O)cc2c1. The van der Waals surface area contributed by atoms with E-state index in [1.807, 2.05) is 6.07 Å². The summed E-state index contributed by atoms with van der Waals surface area (Å²) >= 11 is 0. The van der Waals surface area contributed by atoms with Crippen molar-refractivity contribution in [2.45, 2.75) is 57.3 Å². The molecule has 0 heterocycles. The molecule has 2 aromatic rings. The molecule has 22 heavy (non-hydrogen) atoms. The Kier molecular flexibility index (Phi) is 5.59. The molecule has 0 aliphatic carbocycles. The van der Waals surface area contributed by atoms with E-state index in [0.717, 1.165) is 49.3 Å². The highest BCUT2D eigenvalue weighted by atomic mass is 32.2. The Morgan fingerprint density at radius 2 is 1.64 bits per heavy atom. The molecule has 2 rings (SSSR count). The van der Waals surface area contributed by atoms with Gasteiger partial charge in [-0.25, -0.2) is 0 Å². The van der Waals surface area contributed by atoms with Crippen LogP contribution in [-0.4, -0.2) is 13.0 Å². The molecule has 0 bridgehead atoms. The van der Waals surface area contributed by atoms with Gasteiger partial charge in [0.2, 0.25) is 0 Å². The first kappa shape index (κ1) is 17.0. The Labute approximate surface area is 133 Å². The second-order valence-corrected chi connectivity index (χ2v) is 7.24. The Morgan fingerprint density at radius 1 is 0.955 bits per heavy atom. The number of aryl methyl sites for hydroxylation is 2. The Bertz CT molecular complexity index is 748. The fourth-order valence-electron chi connectivity index (χ4n) is 2.76. The second kappa shape index (κ2) is 7.25. The summed E-state index contributed by atoms with van der Waals surface area (Å²) in [5, 5.41) is 1.98. The van der Waals surface area contributed by atoms with E-state index in [1.165, 1.54) is 17.2 Å². The number of benzene rings is 2. The van der Waals surface area contributed by atoms with Crippen LogP contribution in [0.4, 0.5) is 0 Å². The third-order valence-electron chi connectivity index (χ3n) is 3.99. The van der Waals surface area contributed by atoms with Crippen LogP contribution in [0.2, 0.25) is 0 Å². The highest BCUT2D eigenvalue weighted by Crippen LogP contribution is 2.26. The summed E-state index contributed by atoms with van der Waals surface area (Å²) in [4.78, 5) is -0.0333. The number of hydrogen-bond acceptors (Lipinski definition) is 2. The lowest BCUT2D eigenvalue weighted by Crippen LogP contribution is -1.99. The van der Waals surface area contributed by atoms with E-state index in [-0.39, 0.29) is 4.90 Å². The number of unbranched alkanes of at least 4 members (excludes halogenated alkanes) is 2. The van der Waals surface area contributed by atoms with E-state index in [4.69, 9.17) is 0 Å². The van der Waals surface area contributed by atoms with E-state index >= 15 is 0 Å². The zero-order valence-electron chi connectivity index (χ0n) is 13.3. The smallest absolute Gasteiger partial charge is 0.282 e. The summed E-state index contributed by atoms with van der Waals surface area (Å²) < 4.78 is 31.9. The van der Waals surface area contributed by atoms with Crippen LogP contribution in [-0.2, 0) is 23.0 Å². The first-order valence-electron chi connectivity index (χ1n) is 7.98. The van der Waals surface area contributed by atoms with E-state index in [9.17, 15) is 13.0 Å². The third-order valence-corrected chi connectivity index (χ3v) is 4.84. The Morgan fingerprint density at radius 3 is 2.27 bits per heavy atom. The van der Waals surface area contributed by atoms with Crippen LogP contribution in [0.5, 0.6) is 0 Å². The highest BCUT2D eigenvalue weighted by molar-refractivity contribution is 7.85. The van der Waals surface area contributed by atoms with Crippen LogP contribution in [0.15, 0.2) is 35.2 Å². The predicted molar refractivity (Wildman–Crippen MR) is 91.0 cm³/mol. The molecule has 3 nitrogen and oxygen atoms in total. The lowest BCUT2D eigenvalue weighted by molar-refractivity contribution is 0.483. The van der Waals surface area contributed by atoms with E-state index < -0.39 is 10.1 Å². The number of hydrogen-bond donors (Lipinski definition) is 1. The van der Waals surface area contributed by atoms with Crippen molar-refractivity contribution in [2.75, 3.05) is 0 Å². The monoisotopic (exact) mass is 320 g/mol. The molecular formula is C18H24O3S. The van der Waals surface area contributed by atoms with Crippen molar-refractivity contribution >= 4 is 20.9 Å². The zero-order chi connectivity index (χ0) is 16.2. The first-order valence-corrected chi connectivity index (χ1v) is 9.42. The highest BCUT2D eigenvalue weighted by Gasteiger charge is 2.12. The number of fused-ring (bicyclic) bond motifs is 1. The average molecular weight is 320 g/mol. The van der Waals surface area contributed by atoms with Gasteiger partial charge in [-0.15, -0.1) is 0 Å². The summed E-state index contributed by atoms with van der Waals surface area (Å²) in [5.41, 5.74) is 2.51. The van der Waals surface area contributed by atoms with Crippen molar-refractivity contribution in [1.29, 1.82) is 0 Å². The van der Waals surface area contributed by atoms with Crippen LogP contribution < -0.4 is 0 Å². The van der Waals surface area contributed by atoms with Crippen molar-refractivity contribution in [1.82, 2.24) is 0 Å². The van der Waals surface area contributed by atoms with Gasteiger partial charge in [0.25, 0.3) is 10.1 Å². The van der Waals surface area contributed by atoms with E-state index in [0.29, 0.717) is 0 Å². The van der Waals surface area contributed by atoms with Crippen LogP contribution in [0, 0.1) is 0 Å². The molecule has 0 saturated carbocycles. The van der Waals surface area contributed by atoms with Gasteiger partial charge >= 0.3 is 0 Å². The van der Waals surface area contributed by atoms with Crippen molar-refractivity contribution in [3.8, 4) is 0 Å². The summed E-state index contributed by atoms with van der Waals surface area (Å²) in [7, 11) is -4.15. The lowest BCUT2D eigenvalue weighted by Gasteiger charge is -2.11. The average Bonchev–Trinajstić information content (AvgIpc) is 2.49. The summed E-state index contributed by atoms with van der Waals surface area (Å²) in [5.74, 6) is 0. The summed E-state index contributed by atoms with van der Waals surface area (Å²) in [6.45, 7) is 4.33. The topological polar surface area (TPSA) is 54.4 Å². The van der Waals surface area contributed by atoms with Crippen molar-refractivity contribution < 1.29 is 13.0 Å². The minimum atomic E-state index is -4.15. The van der Waals surface area contributed by atoms with Crippen LogP contribution in [0.25, 0.3) is 10.8 Å². The fraction of sp³-hybridized carbons (Fsp3) is 0.444. The molecule has 4 heteroatoms. The summed E-state index contributed by atoms with van der Waals surface area (Å²) in [6, 6.07) is 9.18. The van der Waals surface area contributed by atoms with Crippen LogP contribution in [0.1, 0.15) is 50.7 Å². The summed E-state index contributed by atoms with van der Waals surface area (Å²) in [6.07, 6.45) is 6.50. The maximum absolute atomic E-state index is 11.3. The minimum absolute atomic E-state index is 0.0333. The maximum Gasteiger partial charge on any atom is 0.294 e. The van der Waals surface area contributed by atoms with Gasteiger partial charge < -0.3 is 0 Å². The van der Waals surface area contributed by atoms with Gasteiger partial charge in [0, 0.05) is 0 Å². The molecule has 0 unspecified atom stereocenters. The van der Waals surface area contributed by atoms with Crippen LogP contribution >= 0.6 is 0 Å². The molecule has 0 saturated heterocycles. The number of rotatable bonds is 7. The molecule has 2 aromatic carbocycles. The molecular weight excluding hydrogens is 296 g/mol. The van der Waals surface area contributed by atoms with Gasteiger partial charge in [-0.05, 0) is 59.7 Å². The van der Waals surface area contributed by atoms with Gasteiger partial charge in [-0.2, -0.15) is 8.42 Å². The second-order valence-electron chi connectivity index (χ2n) is 5.82. The molecule has 0 amide bonds. The van der Waals surface area contributed by atoms with E-state index in [2.05, 4.69) is 26.0 Å². The largest absolute Gasteiger partial charge is 0.294 e. The quantitative estimate of drug-likeness (QED) is 0.747. The van der Waals surface area contributed by atoms with Gasteiger partial charge in [-0.3, -0.25) is 4.55 Å². The zero-order valence-corrected chi connectivity index (χ0v) is 14.1. The molecule has 120 valence electrons. The van der Waals surface area contributed by atoms with Gasteiger partial charge in [0.15, 0.2) is 0 Å². The Hall–Kier alpha value is -1.39. The molecule has 0 fully saturated rings. The molecule has 0 spiro atoms. The van der Waals surface area contributed by atoms with Crippen molar-refractivity contribution in [2.24, 2.45) is 0 Å². The third kappa shape index (κ3) is 4.08. The normalized spacial score (nSPS) is 12.0. The fourth-order valence-corrected chi connectivity index (χ4v) is 3.27. The van der Waals surface area contributed by atoms with E-state index in [1.54, 1.807) is 6.07 Å². The van der Waals surface area contributed by atoms with Crippen molar-refractivity contribution in [3.63, 3.8) is 0 Å².